The molecule has 0 unspecified atom stereocenters. The van der Waals surface area contributed by atoms with Gasteiger partial charge in [-0.25, -0.2) is 9.97 Å². The maximum Gasteiger partial charge on any atom is 0.573 e. The summed E-state index contributed by atoms with van der Waals surface area (Å²) in [7, 11) is 0. The fraction of sp³-hybridized carbons (Fsp3) is 0.545. The van der Waals surface area contributed by atoms with Crippen LogP contribution in [0.2, 0.25) is 5.02 Å². The molecule has 33 heavy (non-hydrogen) atoms. The molecule has 3 heterocycles. The topological polar surface area (TPSA) is 93.7 Å². The van der Waals surface area contributed by atoms with Crippen LogP contribution in [-0.2, 0) is 11.3 Å². The molecule has 0 amide bonds. The van der Waals surface area contributed by atoms with Crippen molar-refractivity contribution in [1.29, 1.82) is 0 Å². The SMILES string of the molecule is Cc1nc(N2CCC3(CC2)CO[C@@H](C)[C@H]3N)c(CO)nc1-c1cccc(OC(F)(F)F)c1Cl. The number of nitrogens with two attached hydrogens (primary N) is 1. The Morgan fingerprint density at radius 1 is 1.30 bits per heavy atom. The molecule has 1 aromatic heterocycles. The zero-order valence-corrected chi connectivity index (χ0v) is 19.1. The Labute approximate surface area is 194 Å². The molecule has 2 saturated heterocycles. The highest BCUT2D eigenvalue weighted by Gasteiger charge is 2.47. The van der Waals surface area contributed by atoms with Crippen molar-refractivity contribution in [2.24, 2.45) is 11.1 Å². The number of hydrogen-bond donors (Lipinski definition) is 2. The van der Waals surface area contributed by atoms with E-state index >= 15 is 0 Å². The Morgan fingerprint density at radius 2 is 2.00 bits per heavy atom. The van der Waals surface area contributed by atoms with E-state index in [4.69, 9.17) is 22.1 Å². The fourth-order valence-electron chi connectivity index (χ4n) is 4.69. The summed E-state index contributed by atoms with van der Waals surface area (Å²) in [4.78, 5) is 11.2. The van der Waals surface area contributed by atoms with Crippen molar-refractivity contribution in [3.63, 3.8) is 0 Å². The highest BCUT2D eigenvalue weighted by Crippen LogP contribution is 2.43. The van der Waals surface area contributed by atoms with Crippen molar-refractivity contribution in [2.75, 3.05) is 24.6 Å². The van der Waals surface area contributed by atoms with Crippen molar-refractivity contribution in [1.82, 2.24) is 9.97 Å². The lowest BCUT2D eigenvalue weighted by Crippen LogP contribution is -2.51. The maximum absolute atomic E-state index is 12.7. The lowest BCUT2D eigenvalue weighted by molar-refractivity contribution is -0.274. The van der Waals surface area contributed by atoms with Crippen LogP contribution in [0.25, 0.3) is 11.3 Å². The molecule has 2 aliphatic heterocycles. The Kier molecular flexibility index (Phi) is 6.47. The summed E-state index contributed by atoms with van der Waals surface area (Å²) in [5, 5.41) is 9.77. The summed E-state index contributed by atoms with van der Waals surface area (Å²) in [6.07, 6.45) is -3.20. The van der Waals surface area contributed by atoms with Crippen LogP contribution < -0.4 is 15.4 Å². The Hall–Kier alpha value is -2.14. The average molecular weight is 487 g/mol. The van der Waals surface area contributed by atoms with Crippen molar-refractivity contribution in [2.45, 2.75) is 51.8 Å². The number of anilines is 1. The largest absolute Gasteiger partial charge is 0.573 e. The van der Waals surface area contributed by atoms with Crippen LogP contribution in [0.1, 0.15) is 31.2 Å². The fourth-order valence-corrected chi connectivity index (χ4v) is 4.94. The molecule has 1 spiro atoms. The Balaban J connectivity index is 1.62. The molecule has 7 nitrogen and oxygen atoms in total. The van der Waals surface area contributed by atoms with Crippen LogP contribution in [0, 0.1) is 12.3 Å². The van der Waals surface area contributed by atoms with Crippen LogP contribution in [0.3, 0.4) is 0 Å². The first-order chi connectivity index (χ1) is 15.5. The maximum atomic E-state index is 12.7. The molecule has 11 heteroatoms. The molecule has 0 saturated carbocycles. The minimum absolute atomic E-state index is 0.0210. The minimum atomic E-state index is -4.88. The summed E-state index contributed by atoms with van der Waals surface area (Å²) >= 11 is 6.21. The van der Waals surface area contributed by atoms with Gasteiger partial charge < -0.3 is 25.2 Å². The molecule has 4 rings (SSSR count). The summed E-state index contributed by atoms with van der Waals surface area (Å²) in [6.45, 7) is 5.30. The van der Waals surface area contributed by atoms with E-state index in [0.29, 0.717) is 36.9 Å². The van der Waals surface area contributed by atoms with E-state index in [1.165, 1.54) is 12.1 Å². The molecule has 2 aliphatic rings. The number of rotatable bonds is 4. The van der Waals surface area contributed by atoms with Gasteiger partial charge in [0.2, 0.25) is 0 Å². The van der Waals surface area contributed by atoms with Crippen LogP contribution in [0.15, 0.2) is 18.2 Å². The third kappa shape index (κ3) is 4.62. The van der Waals surface area contributed by atoms with Gasteiger partial charge in [-0.15, -0.1) is 13.2 Å². The lowest BCUT2D eigenvalue weighted by Gasteiger charge is -2.42. The highest BCUT2D eigenvalue weighted by molar-refractivity contribution is 6.34. The first-order valence-electron chi connectivity index (χ1n) is 10.7. The van der Waals surface area contributed by atoms with Crippen molar-refractivity contribution >= 4 is 17.4 Å². The van der Waals surface area contributed by atoms with Crippen LogP contribution >= 0.6 is 11.6 Å². The second-order valence-electron chi connectivity index (χ2n) is 8.64. The van der Waals surface area contributed by atoms with E-state index in [1.807, 2.05) is 6.92 Å². The smallest absolute Gasteiger partial charge is 0.404 e. The normalized spacial score (nSPS) is 22.7. The van der Waals surface area contributed by atoms with Gasteiger partial charge in [0, 0.05) is 30.1 Å². The van der Waals surface area contributed by atoms with Gasteiger partial charge in [-0.3, -0.25) is 0 Å². The molecule has 2 atom stereocenters. The molecule has 0 radical (unpaired) electrons. The molecule has 1 aromatic carbocycles. The predicted octanol–water partition coefficient (Wildman–Crippen LogP) is 3.83. The molecule has 0 aliphatic carbocycles. The minimum Gasteiger partial charge on any atom is -0.404 e. The molecule has 2 aromatic rings. The Bertz CT molecular complexity index is 1030. The first kappa shape index (κ1) is 24.0. The van der Waals surface area contributed by atoms with E-state index in [0.717, 1.165) is 18.9 Å². The number of nitrogens with zero attached hydrogens (tertiary/aromatic N) is 3. The van der Waals surface area contributed by atoms with Crippen LogP contribution in [0.5, 0.6) is 5.75 Å². The molecule has 0 bridgehead atoms. The summed E-state index contributed by atoms with van der Waals surface area (Å²) in [5.74, 6) is 0.0242. The monoisotopic (exact) mass is 486 g/mol. The second kappa shape index (κ2) is 8.90. The number of alkyl halides is 3. The number of aliphatic hydroxyl groups is 1. The molecule has 180 valence electrons. The van der Waals surface area contributed by atoms with E-state index in [9.17, 15) is 18.3 Å². The number of benzene rings is 1. The molecule has 3 N–H and O–H groups in total. The average Bonchev–Trinajstić information content (AvgIpc) is 3.03. The van der Waals surface area contributed by atoms with Crippen LogP contribution in [0.4, 0.5) is 19.0 Å². The van der Waals surface area contributed by atoms with Gasteiger partial charge >= 0.3 is 6.36 Å². The zero-order chi connectivity index (χ0) is 24.0. The van der Waals surface area contributed by atoms with Gasteiger partial charge in [-0.1, -0.05) is 23.7 Å². The highest BCUT2D eigenvalue weighted by atomic mass is 35.5. The summed E-state index contributed by atoms with van der Waals surface area (Å²) < 4.78 is 47.9. The van der Waals surface area contributed by atoms with Gasteiger partial charge in [-0.05, 0) is 32.8 Å². The summed E-state index contributed by atoms with van der Waals surface area (Å²) in [6, 6.07) is 4.04. The van der Waals surface area contributed by atoms with Gasteiger partial charge in [0.25, 0.3) is 0 Å². The standard InChI is InChI=1S/C22H26ClF3N4O3/c1-12-18(14-4-3-5-16(17(14)23)33-22(24,25)26)29-15(10-31)20(28-12)30-8-6-21(7-9-30)11-32-13(2)19(21)27/h3-5,13,19,31H,6-11,27H2,1-2H3/t13-,19+/m0/s1. The number of ether oxygens (including phenoxy) is 2. The summed E-state index contributed by atoms with van der Waals surface area (Å²) in [5.41, 5.74) is 7.66. The van der Waals surface area contributed by atoms with Crippen molar-refractivity contribution < 1.29 is 27.8 Å². The van der Waals surface area contributed by atoms with E-state index < -0.39 is 12.1 Å². The second-order valence-corrected chi connectivity index (χ2v) is 9.02. The van der Waals surface area contributed by atoms with E-state index in [-0.39, 0.29) is 40.4 Å². The Morgan fingerprint density at radius 3 is 2.58 bits per heavy atom. The first-order valence-corrected chi connectivity index (χ1v) is 11.1. The van der Waals surface area contributed by atoms with Gasteiger partial charge in [0.05, 0.1) is 35.7 Å². The molecular formula is C22H26ClF3N4O3. The number of halogens is 4. The molecular weight excluding hydrogens is 461 g/mol. The van der Waals surface area contributed by atoms with Gasteiger partial charge in [0.1, 0.15) is 11.4 Å². The quantitative estimate of drug-likeness (QED) is 0.678. The third-order valence-electron chi connectivity index (χ3n) is 6.62. The van der Waals surface area contributed by atoms with Gasteiger partial charge in [-0.2, -0.15) is 0 Å². The van der Waals surface area contributed by atoms with Gasteiger partial charge in [0.15, 0.2) is 5.82 Å². The van der Waals surface area contributed by atoms with Crippen LogP contribution in [-0.4, -0.2) is 53.3 Å². The van der Waals surface area contributed by atoms with E-state index in [1.54, 1.807) is 6.92 Å². The zero-order valence-electron chi connectivity index (χ0n) is 18.3. The number of hydrogen-bond acceptors (Lipinski definition) is 7. The van der Waals surface area contributed by atoms with Crippen molar-refractivity contribution in [3.05, 3.63) is 34.6 Å². The number of aromatic nitrogens is 2. The van der Waals surface area contributed by atoms with E-state index in [2.05, 4.69) is 19.6 Å². The predicted molar refractivity (Wildman–Crippen MR) is 117 cm³/mol. The van der Waals surface area contributed by atoms with Crippen molar-refractivity contribution in [3.8, 4) is 17.0 Å². The molecule has 2 fully saturated rings. The number of aliphatic hydroxyl groups excluding tert-OH is 1. The number of piperidine rings is 1. The number of aryl methyl sites for hydroxylation is 1. The third-order valence-corrected chi connectivity index (χ3v) is 7.01. The lowest BCUT2D eigenvalue weighted by atomic mass is 9.73.